The van der Waals surface area contributed by atoms with E-state index in [1.54, 1.807) is 0 Å². The number of carbonyl (C=O) groups is 2. The van der Waals surface area contributed by atoms with E-state index in [4.69, 9.17) is 14.2 Å². The van der Waals surface area contributed by atoms with Crippen LogP contribution in [0.5, 0.6) is 0 Å². The van der Waals surface area contributed by atoms with Gasteiger partial charge in [0.25, 0.3) is 0 Å². The number of hydrogen-bond acceptors (Lipinski definition) is 5. The molecule has 1 aliphatic carbocycles. The predicted octanol–water partition coefficient (Wildman–Crippen LogP) is 4.32. The third kappa shape index (κ3) is 4.55. The quantitative estimate of drug-likeness (QED) is 0.297. The van der Waals surface area contributed by atoms with Crippen LogP contribution in [0.4, 0.5) is 0 Å². The van der Waals surface area contributed by atoms with E-state index < -0.39 is 11.2 Å². The molecule has 144 valence electrons. The van der Waals surface area contributed by atoms with Crippen LogP contribution in [0.3, 0.4) is 0 Å². The minimum absolute atomic E-state index is 0.369. The summed E-state index contributed by atoms with van der Waals surface area (Å²) in [5.74, 6) is -0.738. The standard InChI is InChI=1S/C20H34O5/c1-3-5-7-11-15-23-17(21)19-13-9-10-14-20(19,25-19)18(22)24-16-12-8-6-4-2/h3-16H2,1-2H3. The maximum atomic E-state index is 12.6. The molecule has 1 saturated heterocycles. The number of carbonyl (C=O) groups excluding carboxylic acids is 2. The zero-order valence-electron chi connectivity index (χ0n) is 15.9. The van der Waals surface area contributed by atoms with Crippen molar-refractivity contribution in [2.45, 2.75) is 102 Å². The van der Waals surface area contributed by atoms with Gasteiger partial charge in [-0.15, -0.1) is 0 Å². The molecular formula is C20H34O5. The summed E-state index contributed by atoms with van der Waals surface area (Å²) >= 11 is 0. The van der Waals surface area contributed by atoms with Crippen molar-refractivity contribution in [1.29, 1.82) is 0 Å². The number of esters is 2. The van der Waals surface area contributed by atoms with Crippen LogP contribution in [-0.4, -0.2) is 36.4 Å². The van der Waals surface area contributed by atoms with Gasteiger partial charge in [-0.2, -0.15) is 0 Å². The normalized spacial score (nSPS) is 27.4. The predicted molar refractivity (Wildman–Crippen MR) is 95.2 cm³/mol. The van der Waals surface area contributed by atoms with Crippen molar-refractivity contribution in [2.24, 2.45) is 0 Å². The molecule has 0 spiro atoms. The number of unbranched alkanes of at least 4 members (excludes halogenated alkanes) is 6. The zero-order chi connectivity index (χ0) is 18.2. The Bertz CT molecular complexity index is 409. The Morgan fingerprint density at radius 1 is 0.760 bits per heavy atom. The van der Waals surface area contributed by atoms with Crippen molar-refractivity contribution in [3.05, 3.63) is 0 Å². The number of epoxide rings is 1. The molecule has 25 heavy (non-hydrogen) atoms. The minimum atomic E-state index is -1.07. The zero-order valence-corrected chi connectivity index (χ0v) is 15.9. The molecule has 0 aromatic heterocycles. The Hall–Kier alpha value is -1.10. The first kappa shape index (κ1) is 20.2. The number of fused-ring (bicyclic) bond motifs is 1. The number of ether oxygens (including phenoxy) is 3. The second-order valence-electron chi connectivity index (χ2n) is 7.36. The topological polar surface area (TPSA) is 65.1 Å². The highest BCUT2D eigenvalue weighted by molar-refractivity contribution is 5.98. The molecule has 2 aliphatic rings. The van der Waals surface area contributed by atoms with Gasteiger partial charge < -0.3 is 14.2 Å². The van der Waals surface area contributed by atoms with Gasteiger partial charge in [0.15, 0.2) is 0 Å². The number of rotatable bonds is 12. The lowest BCUT2D eigenvalue weighted by Crippen LogP contribution is -2.44. The van der Waals surface area contributed by atoms with Crippen molar-refractivity contribution >= 4 is 11.9 Å². The van der Waals surface area contributed by atoms with Crippen LogP contribution in [0, 0.1) is 0 Å². The van der Waals surface area contributed by atoms with Crippen LogP contribution >= 0.6 is 0 Å². The fraction of sp³-hybridized carbons (Fsp3) is 0.900. The van der Waals surface area contributed by atoms with Gasteiger partial charge in [-0.05, 0) is 38.5 Å². The first-order valence-electron chi connectivity index (χ1n) is 10.2. The molecule has 0 aromatic carbocycles. The molecule has 0 bridgehead atoms. The van der Waals surface area contributed by atoms with Crippen LogP contribution < -0.4 is 0 Å². The Labute approximate surface area is 151 Å². The Balaban J connectivity index is 1.82. The van der Waals surface area contributed by atoms with E-state index in [-0.39, 0.29) is 11.9 Å². The van der Waals surface area contributed by atoms with Crippen molar-refractivity contribution in [3.8, 4) is 0 Å². The molecule has 2 fully saturated rings. The summed E-state index contributed by atoms with van der Waals surface area (Å²) in [6, 6.07) is 0. The molecule has 5 nitrogen and oxygen atoms in total. The van der Waals surface area contributed by atoms with E-state index in [1.165, 1.54) is 0 Å². The largest absolute Gasteiger partial charge is 0.463 e. The fourth-order valence-corrected chi connectivity index (χ4v) is 3.76. The monoisotopic (exact) mass is 354 g/mol. The molecule has 2 atom stereocenters. The summed E-state index contributed by atoms with van der Waals surface area (Å²) in [5, 5.41) is 0. The highest BCUT2D eigenvalue weighted by atomic mass is 16.7. The van der Waals surface area contributed by atoms with Crippen molar-refractivity contribution in [1.82, 2.24) is 0 Å². The maximum Gasteiger partial charge on any atom is 0.342 e. The summed E-state index contributed by atoms with van der Waals surface area (Å²) in [6.07, 6.45) is 11.3. The summed E-state index contributed by atoms with van der Waals surface area (Å²) in [7, 11) is 0. The fourth-order valence-electron chi connectivity index (χ4n) is 3.76. The van der Waals surface area contributed by atoms with E-state index in [9.17, 15) is 9.59 Å². The highest BCUT2D eigenvalue weighted by Crippen LogP contribution is 2.58. The maximum absolute atomic E-state index is 12.6. The van der Waals surface area contributed by atoms with Crippen molar-refractivity contribution < 1.29 is 23.8 Å². The lowest BCUT2D eigenvalue weighted by Gasteiger charge is -2.22. The van der Waals surface area contributed by atoms with Crippen molar-refractivity contribution in [2.75, 3.05) is 13.2 Å². The highest BCUT2D eigenvalue weighted by Gasteiger charge is 2.81. The molecule has 2 rings (SSSR count). The van der Waals surface area contributed by atoms with E-state index in [0.717, 1.165) is 64.2 Å². The average molecular weight is 354 g/mol. The lowest BCUT2D eigenvalue weighted by molar-refractivity contribution is -0.155. The summed E-state index contributed by atoms with van der Waals surface area (Å²) in [5.41, 5.74) is -2.15. The second-order valence-corrected chi connectivity index (χ2v) is 7.36. The molecule has 1 saturated carbocycles. The van der Waals surface area contributed by atoms with Gasteiger partial charge in [0.1, 0.15) is 0 Å². The molecule has 0 N–H and O–H groups in total. The minimum Gasteiger partial charge on any atom is -0.463 e. The van der Waals surface area contributed by atoms with E-state index in [2.05, 4.69) is 13.8 Å². The van der Waals surface area contributed by atoms with Gasteiger partial charge in [-0.3, -0.25) is 0 Å². The molecule has 5 heteroatoms. The molecule has 2 unspecified atom stereocenters. The van der Waals surface area contributed by atoms with E-state index in [1.807, 2.05) is 0 Å². The SMILES string of the molecule is CCCCCCOC(=O)C12CCCCC1(C(=O)OCCCCCC)O2. The van der Waals surface area contributed by atoms with Crippen LogP contribution in [0.1, 0.15) is 90.9 Å². The molecular weight excluding hydrogens is 320 g/mol. The van der Waals surface area contributed by atoms with Gasteiger partial charge in [0, 0.05) is 0 Å². The Morgan fingerprint density at radius 2 is 1.20 bits per heavy atom. The molecule has 1 aliphatic heterocycles. The van der Waals surface area contributed by atoms with E-state index in [0.29, 0.717) is 26.1 Å². The van der Waals surface area contributed by atoms with Gasteiger partial charge in [0.05, 0.1) is 13.2 Å². The summed E-state index contributed by atoms with van der Waals surface area (Å²) < 4.78 is 16.7. The van der Waals surface area contributed by atoms with Gasteiger partial charge in [-0.25, -0.2) is 9.59 Å². The molecule has 1 heterocycles. The smallest absolute Gasteiger partial charge is 0.342 e. The Morgan fingerprint density at radius 3 is 1.60 bits per heavy atom. The van der Waals surface area contributed by atoms with Gasteiger partial charge in [-0.1, -0.05) is 52.4 Å². The van der Waals surface area contributed by atoms with Crippen LogP contribution in [-0.2, 0) is 23.8 Å². The van der Waals surface area contributed by atoms with Gasteiger partial charge >= 0.3 is 11.9 Å². The first-order valence-corrected chi connectivity index (χ1v) is 10.2. The molecule has 0 radical (unpaired) electrons. The third-order valence-electron chi connectivity index (χ3n) is 5.39. The summed E-state index contributed by atoms with van der Waals surface area (Å²) in [6.45, 7) is 5.11. The third-order valence-corrected chi connectivity index (χ3v) is 5.39. The van der Waals surface area contributed by atoms with Crippen LogP contribution in [0.25, 0.3) is 0 Å². The first-order chi connectivity index (χ1) is 12.1. The van der Waals surface area contributed by atoms with E-state index >= 15 is 0 Å². The average Bonchev–Trinajstić information content (AvgIpc) is 3.33. The lowest BCUT2D eigenvalue weighted by atomic mass is 9.79. The van der Waals surface area contributed by atoms with Gasteiger partial charge in [0.2, 0.25) is 11.2 Å². The number of hydrogen-bond donors (Lipinski definition) is 0. The Kier molecular flexibility index (Phi) is 7.73. The van der Waals surface area contributed by atoms with Crippen LogP contribution in [0.15, 0.2) is 0 Å². The molecule has 0 amide bonds. The van der Waals surface area contributed by atoms with Crippen molar-refractivity contribution in [3.63, 3.8) is 0 Å². The second kappa shape index (κ2) is 9.56. The summed E-state index contributed by atoms with van der Waals surface area (Å²) in [4.78, 5) is 25.1. The molecule has 0 aromatic rings. The van der Waals surface area contributed by atoms with Crippen LogP contribution in [0.2, 0.25) is 0 Å².